The zero-order chi connectivity index (χ0) is 32.2. The van der Waals surface area contributed by atoms with Gasteiger partial charge in [-0.25, -0.2) is 9.78 Å². The lowest BCUT2D eigenvalue weighted by Gasteiger charge is -2.24. The first-order valence-corrected chi connectivity index (χ1v) is 15.8. The van der Waals surface area contributed by atoms with E-state index in [0.717, 1.165) is 29.7 Å². The van der Waals surface area contributed by atoms with Crippen LogP contribution in [0, 0.1) is 6.92 Å². The predicted molar refractivity (Wildman–Crippen MR) is 170 cm³/mol. The number of anilines is 1. The third kappa shape index (κ3) is 6.30. The van der Waals surface area contributed by atoms with Crippen LogP contribution >= 0.6 is 11.3 Å². The molecule has 236 valence electrons. The number of aryl methyl sites for hydroxylation is 1. The lowest BCUT2D eigenvalue weighted by Crippen LogP contribution is -2.29. The predicted octanol–water partition coefficient (Wildman–Crippen LogP) is 6.32. The van der Waals surface area contributed by atoms with Gasteiger partial charge in [0.05, 0.1) is 30.5 Å². The molecule has 1 saturated heterocycles. The first-order valence-electron chi connectivity index (χ1n) is 14.9. The van der Waals surface area contributed by atoms with Crippen LogP contribution in [0.25, 0.3) is 5.76 Å². The van der Waals surface area contributed by atoms with Crippen molar-refractivity contribution in [2.24, 2.45) is 0 Å². The number of carbonyl (C=O) groups is 3. The molecule has 10 nitrogen and oxygen atoms in total. The summed E-state index contributed by atoms with van der Waals surface area (Å²) in [5, 5.41) is 11.8. The van der Waals surface area contributed by atoms with E-state index in [4.69, 9.17) is 18.9 Å². The van der Waals surface area contributed by atoms with E-state index in [2.05, 4.69) is 18.5 Å². The van der Waals surface area contributed by atoms with Crippen LogP contribution in [0.1, 0.15) is 71.7 Å². The van der Waals surface area contributed by atoms with Gasteiger partial charge >= 0.3 is 11.9 Å². The van der Waals surface area contributed by atoms with E-state index in [1.165, 1.54) is 11.0 Å². The van der Waals surface area contributed by atoms with Crippen LogP contribution in [0.2, 0.25) is 0 Å². The maximum Gasteiger partial charge on any atom is 0.350 e. The summed E-state index contributed by atoms with van der Waals surface area (Å²) >= 11 is 0.933. The number of hydrogen-bond acceptors (Lipinski definition) is 10. The van der Waals surface area contributed by atoms with Crippen molar-refractivity contribution in [1.29, 1.82) is 0 Å². The fourth-order valence-corrected chi connectivity index (χ4v) is 6.34. The molecule has 1 N–H and O–H groups in total. The number of aliphatic hydroxyl groups excluding tert-OH is 1. The molecule has 2 unspecified atom stereocenters. The second kappa shape index (κ2) is 13.6. The van der Waals surface area contributed by atoms with E-state index in [-0.39, 0.29) is 34.1 Å². The molecule has 2 aliphatic rings. The Morgan fingerprint density at radius 3 is 2.71 bits per heavy atom. The third-order valence-corrected chi connectivity index (χ3v) is 8.60. The minimum absolute atomic E-state index is 0.00744. The molecule has 0 bridgehead atoms. The van der Waals surface area contributed by atoms with Crippen molar-refractivity contribution >= 4 is 39.9 Å². The van der Waals surface area contributed by atoms with Crippen molar-refractivity contribution < 1.29 is 38.4 Å². The number of aromatic nitrogens is 1. The van der Waals surface area contributed by atoms with Gasteiger partial charge in [0.15, 0.2) is 16.6 Å². The first kappa shape index (κ1) is 31.8. The Hall–Kier alpha value is -4.64. The number of unbranched alkanes of at least 4 members (excludes halogenated alkanes) is 1. The molecule has 3 aromatic rings. The second-order valence-electron chi connectivity index (χ2n) is 10.8. The third-order valence-electron chi connectivity index (χ3n) is 7.46. The average molecular weight is 633 g/mol. The normalized spacial score (nSPS) is 18.4. The average Bonchev–Trinajstić information content (AvgIpc) is 3.67. The quantitative estimate of drug-likeness (QED) is 0.0610. The Morgan fingerprint density at radius 1 is 1.18 bits per heavy atom. The van der Waals surface area contributed by atoms with Crippen molar-refractivity contribution in [3.8, 4) is 17.2 Å². The summed E-state index contributed by atoms with van der Waals surface area (Å²) in [4.78, 5) is 46.2. The Balaban J connectivity index is 1.66. The second-order valence-corrected chi connectivity index (χ2v) is 11.7. The summed E-state index contributed by atoms with van der Waals surface area (Å²) in [7, 11) is 0. The minimum atomic E-state index is -1.08. The number of fused-ring (bicyclic) bond motifs is 1. The smallest absolute Gasteiger partial charge is 0.350 e. The number of carbonyl (C=O) groups excluding carboxylic acids is 3. The van der Waals surface area contributed by atoms with Crippen LogP contribution in [0.4, 0.5) is 5.13 Å². The maximum atomic E-state index is 13.8. The molecule has 2 aliphatic heterocycles. The van der Waals surface area contributed by atoms with Gasteiger partial charge in [0.25, 0.3) is 5.78 Å². The molecule has 1 fully saturated rings. The van der Waals surface area contributed by atoms with Crippen LogP contribution in [-0.2, 0) is 20.7 Å². The molecule has 5 rings (SSSR count). The Labute approximate surface area is 265 Å². The van der Waals surface area contributed by atoms with Gasteiger partial charge in [-0.3, -0.25) is 14.5 Å². The molecular weight excluding hydrogens is 596 g/mol. The number of benzene rings is 2. The van der Waals surface area contributed by atoms with Crippen molar-refractivity contribution in [3.05, 3.63) is 81.9 Å². The molecule has 0 aliphatic carbocycles. The van der Waals surface area contributed by atoms with Crippen LogP contribution in [0.3, 0.4) is 0 Å². The van der Waals surface area contributed by atoms with Crippen LogP contribution in [0.5, 0.6) is 17.2 Å². The summed E-state index contributed by atoms with van der Waals surface area (Å²) in [6.45, 7) is 11.9. The zero-order valence-electron chi connectivity index (χ0n) is 25.8. The number of hydrogen-bond donors (Lipinski definition) is 1. The number of rotatable bonds is 12. The summed E-state index contributed by atoms with van der Waals surface area (Å²) < 4.78 is 22.9. The lowest BCUT2D eigenvalue weighted by atomic mass is 9.94. The summed E-state index contributed by atoms with van der Waals surface area (Å²) in [5.41, 5.74) is 1.99. The fourth-order valence-electron chi connectivity index (χ4n) is 5.35. The van der Waals surface area contributed by atoms with E-state index in [1.807, 2.05) is 13.8 Å². The van der Waals surface area contributed by atoms with Gasteiger partial charge in [-0.2, -0.15) is 0 Å². The van der Waals surface area contributed by atoms with Crippen LogP contribution in [-0.4, -0.2) is 53.7 Å². The largest absolute Gasteiger partial charge is 0.507 e. The number of nitrogens with zero attached hydrogens (tertiary/aromatic N) is 2. The zero-order valence-corrected chi connectivity index (χ0v) is 26.6. The Kier molecular flexibility index (Phi) is 9.57. The summed E-state index contributed by atoms with van der Waals surface area (Å²) in [5.74, 6) is -1.05. The molecule has 2 aromatic carbocycles. The SMILES string of the molecule is C=CCOC(=O)c1sc(N2C(=O)C(=O)C(=C(O)c3ccc4c(c3)CC(C)O4)C2c2ccc(OCCCC)c(OCC)c2)nc1C. The molecule has 2 atom stereocenters. The molecule has 1 amide bonds. The highest BCUT2D eigenvalue weighted by Crippen LogP contribution is 2.46. The van der Waals surface area contributed by atoms with E-state index < -0.39 is 23.7 Å². The van der Waals surface area contributed by atoms with Gasteiger partial charge in [-0.1, -0.05) is 43.4 Å². The maximum absolute atomic E-state index is 13.8. The van der Waals surface area contributed by atoms with E-state index in [1.54, 1.807) is 43.3 Å². The van der Waals surface area contributed by atoms with E-state index in [9.17, 15) is 19.5 Å². The van der Waals surface area contributed by atoms with Gasteiger partial charge in [-0.15, -0.1) is 0 Å². The Morgan fingerprint density at radius 2 is 1.98 bits per heavy atom. The fraction of sp³-hybridized carbons (Fsp3) is 0.353. The molecule has 11 heteroatoms. The molecule has 1 aromatic heterocycles. The van der Waals surface area contributed by atoms with E-state index in [0.29, 0.717) is 53.7 Å². The molecular formula is C34H36N2O8S. The van der Waals surface area contributed by atoms with Gasteiger partial charge in [0.2, 0.25) is 0 Å². The van der Waals surface area contributed by atoms with Crippen molar-refractivity contribution in [1.82, 2.24) is 4.98 Å². The standard InChI is InChI=1S/C34H36N2O8S/c1-6-9-15-42-25-13-10-21(18-26(25)41-8-3)28-27(29(37)22-11-12-24-23(17-22)16-19(4)44-24)30(38)32(39)36(28)34-35-20(5)31(45-34)33(40)43-14-7-2/h7,10-13,17-19,28,37H,2,6,8-9,14-16H2,1,3-5H3. The van der Waals surface area contributed by atoms with Crippen molar-refractivity contribution in [3.63, 3.8) is 0 Å². The number of ether oxygens (including phenoxy) is 4. The summed E-state index contributed by atoms with van der Waals surface area (Å²) in [6.07, 6.45) is 3.90. The number of thiazole rings is 1. The number of Topliss-reactive ketones (excluding diaryl/α,β-unsaturated/α-hetero) is 1. The highest BCUT2D eigenvalue weighted by Gasteiger charge is 2.49. The first-order chi connectivity index (χ1) is 21.7. The van der Waals surface area contributed by atoms with Crippen molar-refractivity contribution in [2.45, 2.75) is 59.1 Å². The monoisotopic (exact) mass is 632 g/mol. The Bertz CT molecular complexity index is 1680. The van der Waals surface area contributed by atoms with E-state index >= 15 is 0 Å². The number of aliphatic hydroxyl groups is 1. The van der Waals surface area contributed by atoms with Gasteiger partial charge in [0.1, 0.15) is 29.1 Å². The highest BCUT2D eigenvalue weighted by atomic mass is 32.1. The lowest BCUT2D eigenvalue weighted by molar-refractivity contribution is -0.132. The van der Waals surface area contributed by atoms with Gasteiger partial charge in [-0.05, 0) is 68.7 Å². The molecule has 0 saturated carbocycles. The number of ketones is 1. The van der Waals surface area contributed by atoms with Gasteiger partial charge < -0.3 is 24.1 Å². The summed E-state index contributed by atoms with van der Waals surface area (Å²) in [6, 6.07) is 9.28. The molecule has 0 spiro atoms. The molecule has 45 heavy (non-hydrogen) atoms. The topological polar surface area (TPSA) is 124 Å². The number of amides is 1. The minimum Gasteiger partial charge on any atom is -0.507 e. The molecule has 3 heterocycles. The highest BCUT2D eigenvalue weighted by molar-refractivity contribution is 7.17. The van der Waals surface area contributed by atoms with Crippen molar-refractivity contribution in [2.75, 3.05) is 24.7 Å². The van der Waals surface area contributed by atoms with Crippen LogP contribution < -0.4 is 19.1 Å². The number of esters is 1. The van der Waals surface area contributed by atoms with Gasteiger partial charge in [0, 0.05) is 12.0 Å². The van der Waals surface area contributed by atoms with Crippen LogP contribution in [0.15, 0.2) is 54.6 Å². The molecule has 0 radical (unpaired) electrons.